The van der Waals surface area contributed by atoms with Gasteiger partial charge >= 0.3 is 51.4 Å². The fourth-order valence-corrected chi connectivity index (χ4v) is 0. The van der Waals surface area contributed by atoms with Gasteiger partial charge in [-0.1, -0.05) is 0 Å². The Balaban J connectivity index is -0.00000000500. The minimum atomic E-state index is 0. The summed E-state index contributed by atoms with van der Waals surface area (Å²) >= 11 is 0. The topological polar surface area (TPSA) is 23.8 Å². The average Bonchev–Trinajstić information content (AvgIpc) is 1.00. The summed E-state index contributed by atoms with van der Waals surface area (Å²) in [4.78, 5) is 0. The molecule has 0 heterocycles. The zero-order valence-corrected chi connectivity index (χ0v) is 6.85. The number of nitrogens with zero attached hydrogens (tertiary/aromatic N) is 1. The molecular weight excluding hydrogens is 173 g/mol. The van der Waals surface area contributed by atoms with E-state index in [1.807, 2.05) is 0 Å². The maximum absolute atomic E-state index is 6.25. The van der Waals surface area contributed by atoms with Gasteiger partial charge in [0.05, 0.1) is 0 Å². The molecule has 1 nitrogen and oxygen atoms in total. The minimum absolute atomic E-state index is 0. The fourth-order valence-electron chi connectivity index (χ4n) is 0. The van der Waals surface area contributed by atoms with E-state index in [0.717, 1.165) is 0 Å². The molecule has 0 spiro atoms. The number of rotatable bonds is 0. The number of hydrogen-bond donors (Lipinski definition) is 0. The van der Waals surface area contributed by atoms with Crippen molar-refractivity contribution >= 4 is 0 Å². The molecular formula is CAgKN. The van der Waals surface area contributed by atoms with Crippen molar-refractivity contribution in [1.82, 2.24) is 0 Å². The Morgan fingerprint density at radius 3 is 1.25 bits per heavy atom. The Kier molecular flexibility index (Phi) is 88.3. The van der Waals surface area contributed by atoms with Crippen LogP contribution in [0.2, 0.25) is 0 Å². The molecule has 21 valence electrons. The van der Waals surface area contributed by atoms with E-state index in [-0.39, 0.29) is 73.8 Å². The minimum Gasteiger partial charge on any atom is -0.512 e. The molecule has 0 aromatic rings. The zero-order chi connectivity index (χ0) is 2.00. The normalized spacial score (nSPS) is 0.500. The van der Waals surface area contributed by atoms with Crippen LogP contribution in [0.25, 0.3) is 0 Å². The van der Waals surface area contributed by atoms with Crippen molar-refractivity contribution in [2.75, 3.05) is 0 Å². The van der Waals surface area contributed by atoms with Crippen LogP contribution in [-0.4, -0.2) is 0 Å². The Labute approximate surface area is 83.7 Å². The van der Waals surface area contributed by atoms with Gasteiger partial charge in [0.1, 0.15) is 0 Å². The maximum atomic E-state index is 6.25. The average molecular weight is 173 g/mol. The van der Waals surface area contributed by atoms with Crippen LogP contribution in [-0.2, 0) is 22.4 Å². The SMILES string of the molecule is [Ag].[C-]#N.[K+]. The summed E-state index contributed by atoms with van der Waals surface area (Å²) in [7, 11) is 0. The summed E-state index contributed by atoms with van der Waals surface area (Å²) in [5.41, 5.74) is 0. The van der Waals surface area contributed by atoms with Gasteiger partial charge in [-0.05, 0) is 0 Å². The van der Waals surface area contributed by atoms with Gasteiger partial charge in [-0.15, -0.1) is 0 Å². The maximum Gasteiger partial charge on any atom is 1.00 e. The monoisotopic (exact) mass is 172 g/mol. The van der Waals surface area contributed by atoms with Crippen LogP contribution in [0.15, 0.2) is 0 Å². The Morgan fingerprint density at radius 2 is 1.25 bits per heavy atom. The third kappa shape index (κ3) is 9.12. The van der Waals surface area contributed by atoms with Gasteiger partial charge in [-0.25, -0.2) is 0 Å². The predicted octanol–water partition coefficient (Wildman–Crippen LogP) is -2.90. The third-order valence-corrected chi connectivity index (χ3v) is 0. The molecule has 1 radical (unpaired) electrons. The van der Waals surface area contributed by atoms with Crippen molar-refractivity contribution in [1.29, 1.82) is 5.26 Å². The zero-order valence-electron chi connectivity index (χ0n) is 2.25. The van der Waals surface area contributed by atoms with E-state index >= 15 is 0 Å². The molecule has 0 bridgehead atoms. The summed E-state index contributed by atoms with van der Waals surface area (Å²) in [6.07, 6.45) is 0. The van der Waals surface area contributed by atoms with E-state index in [4.69, 9.17) is 11.8 Å². The second-order valence-electron chi connectivity index (χ2n) is 0. The van der Waals surface area contributed by atoms with Crippen LogP contribution in [0.3, 0.4) is 0 Å². The van der Waals surface area contributed by atoms with E-state index in [2.05, 4.69) is 0 Å². The second kappa shape index (κ2) is 20.9. The molecule has 0 aromatic carbocycles. The summed E-state index contributed by atoms with van der Waals surface area (Å²) < 4.78 is 0. The van der Waals surface area contributed by atoms with Crippen LogP contribution < -0.4 is 51.4 Å². The van der Waals surface area contributed by atoms with Gasteiger partial charge in [0.15, 0.2) is 0 Å². The molecule has 3 heteroatoms. The molecule has 0 aromatic heterocycles. The van der Waals surface area contributed by atoms with Crippen LogP contribution in [0.4, 0.5) is 0 Å². The molecule has 0 rings (SSSR count). The number of hydrogen-bond acceptors (Lipinski definition) is 1. The van der Waals surface area contributed by atoms with Crippen LogP contribution >= 0.6 is 0 Å². The molecule has 0 aliphatic heterocycles. The smallest absolute Gasteiger partial charge is 0.512 e. The molecule has 0 N–H and O–H groups in total. The quantitative estimate of drug-likeness (QED) is 0.284. The van der Waals surface area contributed by atoms with E-state index in [1.54, 1.807) is 0 Å². The van der Waals surface area contributed by atoms with Gasteiger partial charge < -0.3 is 11.8 Å². The van der Waals surface area contributed by atoms with Gasteiger partial charge in [0.2, 0.25) is 0 Å². The standard InChI is InChI=1S/CN.Ag.K/c1-2;;/q-1;;+1. The Hall–Kier alpha value is 1.87. The first kappa shape index (κ1) is 16.9. The third-order valence-electron chi connectivity index (χ3n) is 0. The molecule has 0 atom stereocenters. The summed E-state index contributed by atoms with van der Waals surface area (Å²) in [5, 5.41) is 6.25. The van der Waals surface area contributed by atoms with E-state index in [1.165, 1.54) is 0 Å². The van der Waals surface area contributed by atoms with Gasteiger partial charge in [0.25, 0.3) is 0 Å². The van der Waals surface area contributed by atoms with Crippen molar-refractivity contribution in [3.05, 3.63) is 6.57 Å². The Bertz CT molecular complexity index is 12.8. The van der Waals surface area contributed by atoms with Crippen molar-refractivity contribution in [3.63, 3.8) is 0 Å². The molecule has 0 aliphatic carbocycles. The largest absolute Gasteiger partial charge is 1.00 e. The van der Waals surface area contributed by atoms with Crippen molar-refractivity contribution in [2.45, 2.75) is 0 Å². The first-order valence-electron chi connectivity index (χ1n) is 0.224. The van der Waals surface area contributed by atoms with Gasteiger partial charge in [-0.2, -0.15) is 0 Å². The molecule has 4 heavy (non-hydrogen) atoms. The molecule has 0 saturated carbocycles. The van der Waals surface area contributed by atoms with Crippen molar-refractivity contribution < 1.29 is 73.8 Å². The van der Waals surface area contributed by atoms with Gasteiger partial charge in [0, 0.05) is 22.4 Å². The van der Waals surface area contributed by atoms with E-state index in [0.29, 0.717) is 0 Å². The summed E-state index contributed by atoms with van der Waals surface area (Å²) in [6.45, 7) is 4.75. The van der Waals surface area contributed by atoms with Crippen molar-refractivity contribution in [2.24, 2.45) is 0 Å². The van der Waals surface area contributed by atoms with Crippen LogP contribution in [0.1, 0.15) is 0 Å². The second-order valence-corrected chi connectivity index (χ2v) is 0. The Morgan fingerprint density at radius 1 is 1.25 bits per heavy atom. The van der Waals surface area contributed by atoms with Gasteiger partial charge in [-0.3, -0.25) is 0 Å². The fraction of sp³-hybridized carbons (Fsp3) is 0. The summed E-state index contributed by atoms with van der Waals surface area (Å²) in [6, 6.07) is 0. The van der Waals surface area contributed by atoms with Crippen LogP contribution in [0.5, 0.6) is 0 Å². The van der Waals surface area contributed by atoms with Crippen molar-refractivity contribution in [3.8, 4) is 0 Å². The molecule has 0 amide bonds. The first-order chi connectivity index (χ1) is 1.00. The summed E-state index contributed by atoms with van der Waals surface area (Å²) in [5.74, 6) is 0. The molecule has 0 saturated heterocycles. The predicted molar refractivity (Wildman–Crippen MR) is 4.97 cm³/mol. The molecule has 0 fully saturated rings. The van der Waals surface area contributed by atoms with E-state index < -0.39 is 0 Å². The van der Waals surface area contributed by atoms with Crippen LogP contribution in [0, 0.1) is 11.8 Å². The first-order valence-corrected chi connectivity index (χ1v) is 0.224. The molecule has 0 unspecified atom stereocenters. The molecule has 0 aliphatic rings. The van der Waals surface area contributed by atoms with E-state index in [9.17, 15) is 0 Å².